The second kappa shape index (κ2) is 7.18. The van der Waals surface area contributed by atoms with Crippen LogP contribution in [0.25, 0.3) is 0 Å². The van der Waals surface area contributed by atoms with Crippen LogP contribution in [0.15, 0.2) is 30.6 Å². The molecule has 1 fully saturated rings. The number of benzene rings is 1. The lowest BCUT2D eigenvalue weighted by Crippen LogP contribution is -2.48. The second-order valence-corrected chi connectivity index (χ2v) is 7.78. The molecule has 0 radical (unpaired) electrons. The van der Waals surface area contributed by atoms with Gasteiger partial charge in [-0.3, -0.25) is 4.79 Å². The summed E-state index contributed by atoms with van der Waals surface area (Å²) in [5.41, 5.74) is 4.36. The summed E-state index contributed by atoms with van der Waals surface area (Å²) in [6.45, 7) is 8.26. The van der Waals surface area contributed by atoms with Crippen LogP contribution >= 0.6 is 0 Å². The number of likely N-dealkylation sites (N-methyl/N-ethyl adjacent to an activating group) is 1. The topological polar surface area (TPSA) is 52.6 Å². The van der Waals surface area contributed by atoms with E-state index in [1.165, 1.54) is 16.7 Å². The molecule has 0 bridgehead atoms. The Labute approximate surface area is 160 Å². The first-order chi connectivity index (χ1) is 13.0. The predicted molar refractivity (Wildman–Crippen MR) is 107 cm³/mol. The molecule has 0 aliphatic carbocycles. The average molecular weight is 365 g/mol. The van der Waals surface area contributed by atoms with E-state index in [1.54, 1.807) is 11.2 Å². The Balaban J connectivity index is 1.55. The number of piperazine rings is 1. The van der Waals surface area contributed by atoms with E-state index in [9.17, 15) is 4.79 Å². The van der Waals surface area contributed by atoms with E-state index in [0.29, 0.717) is 12.5 Å². The minimum absolute atomic E-state index is 0.134. The average Bonchev–Trinajstić information content (AvgIpc) is 2.69. The lowest BCUT2D eigenvalue weighted by atomic mass is 9.89. The summed E-state index contributed by atoms with van der Waals surface area (Å²) in [5.74, 6) is 2.46. The largest absolute Gasteiger partial charge is 0.352 e. The van der Waals surface area contributed by atoms with Crippen molar-refractivity contribution >= 4 is 17.5 Å². The predicted octanol–water partition coefficient (Wildman–Crippen LogP) is 2.44. The van der Waals surface area contributed by atoms with Crippen molar-refractivity contribution in [3.63, 3.8) is 0 Å². The van der Waals surface area contributed by atoms with E-state index in [1.807, 2.05) is 18.0 Å². The number of anilines is 2. The molecule has 0 unspecified atom stereocenters. The van der Waals surface area contributed by atoms with Crippen LogP contribution in [-0.2, 0) is 17.8 Å². The molecule has 6 heteroatoms. The molecule has 2 aliphatic heterocycles. The Hall–Kier alpha value is -2.63. The molecule has 1 amide bonds. The molecule has 6 nitrogen and oxygen atoms in total. The van der Waals surface area contributed by atoms with Gasteiger partial charge in [0.1, 0.15) is 18.0 Å². The molecule has 4 rings (SSSR count). The van der Waals surface area contributed by atoms with Crippen molar-refractivity contribution in [1.82, 2.24) is 14.9 Å². The van der Waals surface area contributed by atoms with Crippen molar-refractivity contribution in [2.24, 2.45) is 0 Å². The van der Waals surface area contributed by atoms with Gasteiger partial charge in [0.2, 0.25) is 5.91 Å². The van der Waals surface area contributed by atoms with Crippen LogP contribution in [-0.4, -0.2) is 54.0 Å². The van der Waals surface area contributed by atoms with Gasteiger partial charge in [0, 0.05) is 39.3 Å². The van der Waals surface area contributed by atoms with Gasteiger partial charge in [-0.05, 0) is 29.0 Å². The van der Waals surface area contributed by atoms with E-state index in [2.05, 4.69) is 46.9 Å². The maximum atomic E-state index is 12.0. The molecule has 0 atom stereocenters. The van der Waals surface area contributed by atoms with E-state index in [-0.39, 0.29) is 5.91 Å². The second-order valence-electron chi connectivity index (χ2n) is 7.78. The van der Waals surface area contributed by atoms with Crippen LogP contribution < -0.4 is 9.80 Å². The van der Waals surface area contributed by atoms with E-state index >= 15 is 0 Å². The first-order valence-electron chi connectivity index (χ1n) is 9.69. The maximum Gasteiger partial charge on any atom is 0.241 e. The number of aromatic nitrogens is 2. The SMILES string of the molecule is CC(C)c1cccc2c1CCN(c1cc(N3CCN(C)C(=O)C3)ncn1)C2. The Bertz CT molecular complexity index is 850. The summed E-state index contributed by atoms with van der Waals surface area (Å²) in [5, 5.41) is 0. The highest BCUT2D eigenvalue weighted by Gasteiger charge is 2.24. The Kier molecular flexibility index (Phi) is 4.72. The van der Waals surface area contributed by atoms with Crippen LogP contribution in [0, 0.1) is 0 Å². The summed E-state index contributed by atoms with van der Waals surface area (Å²) >= 11 is 0. The van der Waals surface area contributed by atoms with Crippen LogP contribution in [0.5, 0.6) is 0 Å². The number of fused-ring (bicyclic) bond motifs is 1. The highest BCUT2D eigenvalue weighted by atomic mass is 16.2. The van der Waals surface area contributed by atoms with Gasteiger partial charge < -0.3 is 14.7 Å². The van der Waals surface area contributed by atoms with Gasteiger partial charge in [0.05, 0.1) is 6.54 Å². The number of hydrogen-bond donors (Lipinski definition) is 0. The summed E-state index contributed by atoms with van der Waals surface area (Å²) in [6, 6.07) is 8.68. The van der Waals surface area contributed by atoms with Crippen molar-refractivity contribution in [1.29, 1.82) is 0 Å². The lowest BCUT2D eigenvalue weighted by molar-refractivity contribution is -0.129. The molecule has 0 saturated carbocycles. The smallest absolute Gasteiger partial charge is 0.241 e. The fourth-order valence-corrected chi connectivity index (χ4v) is 4.01. The number of carbonyl (C=O) groups excluding carboxylic acids is 1. The quantitative estimate of drug-likeness (QED) is 0.836. The van der Waals surface area contributed by atoms with Crippen molar-refractivity contribution in [3.05, 3.63) is 47.3 Å². The van der Waals surface area contributed by atoms with Gasteiger partial charge in [-0.25, -0.2) is 9.97 Å². The van der Waals surface area contributed by atoms with E-state index in [4.69, 9.17) is 0 Å². The minimum Gasteiger partial charge on any atom is -0.352 e. The van der Waals surface area contributed by atoms with Crippen LogP contribution in [0.1, 0.15) is 36.5 Å². The third-order valence-corrected chi connectivity index (χ3v) is 5.67. The van der Waals surface area contributed by atoms with Gasteiger partial charge in [-0.2, -0.15) is 0 Å². The van der Waals surface area contributed by atoms with Gasteiger partial charge in [-0.1, -0.05) is 32.0 Å². The fourth-order valence-electron chi connectivity index (χ4n) is 4.01. The molecule has 2 aromatic rings. The molecule has 1 aromatic carbocycles. The third-order valence-electron chi connectivity index (χ3n) is 5.67. The first-order valence-corrected chi connectivity index (χ1v) is 9.69. The highest BCUT2D eigenvalue weighted by molar-refractivity contribution is 5.82. The van der Waals surface area contributed by atoms with Crippen molar-refractivity contribution in [2.45, 2.75) is 32.7 Å². The van der Waals surface area contributed by atoms with Crippen LogP contribution in [0.4, 0.5) is 11.6 Å². The fraction of sp³-hybridized carbons (Fsp3) is 0.476. The van der Waals surface area contributed by atoms with Gasteiger partial charge >= 0.3 is 0 Å². The number of rotatable bonds is 3. The summed E-state index contributed by atoms with van der Waals surface area (Å²) in [7, 11) is 1.85. The van der Waals surface area contributed by atoms with E-state index < -0.39 is 0 Å². The Morgan fingerprint density at radius 1 is 1.00 bits per heavy atom. The third kappa shape index (κ3) is 3.48. The zero-order chi connectivity index (χ0) is 19.0. The standard InChI is InChI=1S/C21H27N5O/c1-15(2)17-6-4-5-16-12-25(8-7-18(16)17)19-11-20(23-14-22-19)26-10-9-24(3)21(27)13-26/h4-6,11,14-15H,7-10,12-13H2,1-3H3. The summed E-state index contributed by atoms with van der Waals surface area (Å²) < 4.78 is 0. The monoisotopic (exact) mass is 365 g/mol. The molecular formula is C21H27N5O. The maximum absolute atomic E-state index is 12.0. The Morgan fingerprint density at radius 3 is 2.44 bits per heavy atom. The molecular weight excluding hydrogens is 338 g/mol. The number of amides is 1. The molecule has 3 heterocycles. The zero-order valence-electron chi connectivity index (χ0n) is 16.4. The number of hydrogen-bond acceptors (Lipinski definition) is 5. The minimum atomic E-state index is 0.134. The number of nitrogens with zero attached hydrogens (tertiary/aromatic N) is 5. The van der Waals surface area contributed by atoms with Crippen molar-refractivity contribution in [2.75, 3.05) is 43.0 Å². The molecule has 1 aromatic heterocycles. The van der Waals surface area contributed by atoms with Crippen LogP contribution in [0.3, 0.4) is 0 Å². The lowest BCUT2D eigenvalue weighted by Gasteiger charge is -2.34. The molecule has 27 heavy (non-hydrogen) atoms. The highest BCUT2D eigenvalue weighted by Crippen LogP contribution is 2.30. The Morgan fingerprint density at radius 2 is 1.74 bits per heavy atom. The number of carbonyl (C=O) groups is 1. The molecule has 2 aliphatic rings. The van der Waals surface area contributed by atoms with Gasteiger partial charge in [0.15, 0.2) is 0 Å². The molecule has 1 saturated heterocycles. The van der Waals surface area contributed by atoms with Crippen LogP contribution in [0.2, 0.25) is 0 Å². The molecule has 142 valence electrons. The molecule has 0 N–H and O–H groups in total. The van der Waals surface area contributed by atoms with Gasteiger partial charge in [0.25, 0.3) is 0 Å². The normalized spacial score (nSPS) is 17.5. The molecule has 0 spiro atoms. The summed E-state index contributed by atoms with van der Waals surface area (Å²) in [4.78, 5) is 27.1. The zero-order valence-corrected chi connectivity index (χ0v) is 16.4. The van der Waals surface area contributed by atoms with Gasteiger partial charge in [-0.15, -0.1) is 0 Å². The summed E-state index contributed by atoms with van der Waals surface area (Å²) in [6.07, 6.45) is 2.66. The van der Waals surface area contributed by atoms with Crippen molar-refractivity contribution < 1.29 is 4.79 Å². The van der Waals surface area contributed by atoms with E-state index in [0.717, 1.165) is 44.2 Å². The van der Waals surface area contributed by atoms with Crippen molar-refractivity contribution in [3.8, 4) is 0 Å². The first kappa shape index (κ1) is 17.8.